The molecule has 0 unspecified atom stereocenters. The second-order valence-corrected chi connectivity index (χ2v) is 10.4. The van der Waals surface area contributed by atoms with Crippen LogP contribution in [0.3, 0.4) is 0 Å². The molecule has 1 heterocycles. The molecule has 5 rings (SSSR count). The number of hydrogen-bond donors (Lipinski definition) is 0. The second-order valence-electron chi connectivity index (χ2n) is 9.38. The minimum absolute atomic E-state index is 0.0171. The zero-order valence-electron chi connectivity index (χ0n) is 21.6. The van der Waals surface area contributed by atoms with Crippen LogP contribution in [0, 0.1) is 13.8 Å². The van der Waals surface area contributed by atoms with Crippen LogP contribution < -0.4 is 4.74 Å². The first-order chi connectivity index (χ1) is 18.5. The first kappa shape index (κ1) is 25.6. The Kier molecular flexibility index (Phi) is 8.05. The summed E-state index contributed by atoms with van der Waals surface area (Å²) < 4.78 is 5.96. The van der Waals surface area contributed by atoms with E-state index in [0.717, 1.165) is 29.0 Å². The minimum Gasteiger partial charge on any atom is -0.489 e. The molecule has 0 radical (unpaired) electrons. The van der Waals surface area contributed by atoms with Gasteiger partial charge in [0.2, 0.25) is 0 Å². The highest BCUT2D eigenvalue weighted by molar-refractivity contribution is 8.18. The van der Waals surface area contributed by atoms with Crippen LogP contribution in [-0.2, 0) is 17.8 Å². The highest BCUT2D eigenvalue weighted by atomic mass is 32.2. The Morgan fingerprint density at radius 2 is 1.55 bits per heavy atom. The van der Waals surface area contributed by atoms with Crippen LogP contribution in [0.5, 0.6) is 5.75 Å². The zero-order valence-corrected chi connectivity index (χ0v) is 22.4. The van der Waals surface area contributed by atoms with Gasteiger partial charge in [-0.3, -0.25) is 9.69 Å². The van der Waals surface area contributed by atoms with Crippen molar-refractivity contribution in [2.45, 2.75) is 26.9 Å². The van der Waals surface area contributed by atoms with E-state index in [2.05, 4.69) is 44.2 Å². The van der Waals surface area contributed by atoms with E-state index < -0.39 is 0 Å². The molecule has 1 aliphatic rings. The van der Waals surface area contributed by atoms with Crippen LogP contribution in [0.2, 0.25) is 0 Å². The van der Waals surface area contributed by atoms with E-state index in [1.165, 1.54) is 28.5 Å². The number of carbonyl (C=O) groups is 1. The summed E-state index contributed by atoms with van der Waals surface area (Å²) in [5.74, 6) is 0.779. The SMILES string of the molecule is Cc1ccc(N=C2S/C(=C/c3ccc(OCc4cccc(C)c4)cc3)C(=O)N2CCc2ccccc2)cc1. The number of amides is 1. The molecule has 1 saturated heterocycles. The minimum atomic E-state index is -0.0171. The summed E-state index contributed by atoms with van der Waals surface area (Å²) in [5, 5.41) is 0.708. The summed E-state index contributed by atoms with van der Waals surface area (Å²) >= 11 is 1.43. The van der Waals surface area contributed by atoms with E-state index in [1.807, 2.05) is 78.9 Å². The number of aliphatic imine (C=N–C) groups is 1. The third-order valence-electron chi connectivity index (χ3n) is 6.28. The Hall–Kier alpha value is -4.09. The average Bonchev–Trinajstić information content (AvgIpc) is 3.22. The van der Waals surface area contributed by atoms with Crippen molar-refractivity contribution in [2.24, 2.45) is 4.99 Å². The summed E-state index contributed by atoms with van der Waals surface area (Å²) in [7, 11) is 0. The Bertz CT molecular complexity index is 1460. The van der Waals surface area contributed by atoms with Crippen LogP contribution in [0.25, 0.3) is 6.08 Å². The zero-order chi connectivity index (χ0) is 26.3. The molecule has 0 atom stereocenters. The highest BCUT2D eigenvalue weighted by Crippen LogP contribution is 2.34. The fraction of sp³-hybridized carbons (Fsp3) is 0.152. The van der Waals surface area contributed by atoms with Gasteiger partial charge in [-0.2, -0.15) is 0 Å². The van der Waals surface area contributed by atoms with Crippen LogP contribution in [-0.4, -0.2) is 22.5 Å². The van der Waals surface area contributed by atoms with Crippen LogP contribution in [0.4, 0.5) is 5.69 Å². The number of rotatable bonds is 8. The van der Waals surface area contributed by atoms with Gasteiger partial charge in [0.25, 0.3) is 5.91 Å². The lowest BCUT2D eigenvalue weighted by Crippen LogP contribution is -2.31. The predicted octanol–water partition coefficient (Wildman–Crippen LogP) is 7.73. The maximum absolute atomic E-state index is 13.5. The van der Waals surface area contributed by atoms with E-state index in [4.69, 9.17) is 9.73 Å². The number of ether oxygens (including phenoxy) is 1. The molecule has 4 aromatic carbocycles. The first-order valence-electron chi connectivity index (χ1n) is 12.7. The van der Waals surface area contributed by atoms with Gasteiger partial charge in [0.1, 0.15) is 12.4 Å². The third-order valence-corrected chi connectivity index (χ3v) is 7.29. The molecule has 4 nitrogen and oxygen atoms in total. The molecule has 0 bridgehead atoms. The van der Waals surface area contributed by atoms with Crippen molar-refractivity contribution >= 4 is 34.6 Å². The highest BCUT2D eigenvalue weighted by Gasteiger charge is 2.33. The molecule has 1 aliphatic heterocycles. The molecular weight excluding hydrogens is 488 g/mol. The van der Waals surface area contributed by atoms with E-state index >= 15 is 0 Å². The molecule has 190 valence electrons. The number of aryl methyl sites for hydroxylation is 2. The molecule has 5 heteroatoms. The van der Waals surface area contributed by atoms with Crippen molar-refractivity contribution in [3.05, 3.63) is 136 Å². The lowest BCUT2D eigenvalue weighted by Gasteiger charge is -2.15. The molecule has 38 heavy (non-hydrogen) atoms. The van der Waals surface area contributed by atoms with Gasteiger partial charge in [-0.1, -0.05) is 90.0 Å². The van der Waals surface area contributed by atoms with Gasteiger partial charge in [-0.15, -0.1) is 0 Å². The molecule has 1 amide bonds. The summed E-state index contributed by atoms with van der Waals surface area (Å²) in [4.78, 5) is 20.8. The van der Waals surface area contributed by atoms with Crippen molar-refractivity contribution in [2.75, 3.05) is 6.54 Å². The Balaban J connectivity index is 1.32. The predicted molar refractivity (Wildman–Crippen MR) is 158 cm³/mol. The number of nitrogens with zero attached hydrogens (tertiary/aromatic N) is 2. The van der Waals surface area contributed by atoms with Gasteiger partial charge >= 0.3 is 0 Å². The molecule has 0 spiro atoms. The lowest BCUT2D eigenvalue weighted by atomic mass is 10.1. The van der Waals surface area contributed by atoms with Crippen molar-refractivity contribution in [3.8, 4) is 5.75 Å². The fourth-order valence-corrected chi connectivity index (χ4v) is 5.21. The largest absolute Gasteiger partial charge is 0.489 e. The fourth-order valence-electron chi connectivity index (χ4n) is 4.18. The Morgan fingerprint density at radius 1 is 0.816 bits per heavy atom. The summed E-state index contributed by atoms with van der Waals surface area (Å²) in [6, 6.07) is 34.4. The smallest absolute Gasteiger partial charge is 0.266 e. The van der Waals surface area contributed by atoms with Gasteiger partial charge in [0.15, 0.2) is 5.17 Å². The quantitative estimate of drug-likeness (QED) is 0.224. The van der Waals surface area contributed by atoms with Crippen molar-refractivity contribution in [1.29, 1.82) is 0 Å². The second kappa shape index (κ2) is 12.0. The van der Waals surface area contributed by atoms with Crippen LogP contribution >= 0.6 is 11.8 Å². The standard InChI is InChI=1S/C33H30N2O2S/c1-24-11-15-29(16-12-24)34-33-35(20-19-26-8-4-3-5-9-26)32(36)31(38-33)22-27-13-17-30(18-14-27)37-23-28-10-6-7-25(2)21-28/h3-18,21-22H,19-20,23H2,1-2H3/b31-22+,34-33?. The molecule has 0 saturated carbocycles. The molecule has 0 N–H and O–H groups in total. The van der Waals surface area contributed by atoms with Gasteiger partial charge in [-0.25, -0.2) is 4.99 Å². The van der Waals surface area contributed by atoms with Crippen molar-refractivity contribution in [1.82, 2.24) is 4.90 Å². The maximum atomic E-state index is 13.5. The van der Waals surface area contributed by atoms with Crippen molar-refractivity contribution in [3.63, 3.8) is 0 Å². The molecular formula is C33H30N2O2S. The third kappa shape index (κ3) is 6.61. The maximum Gasteiger partial charge on any atom is 0.266 e. The topological polar surface area (TPSA) is 41.9 Å². The number of hydrogen-bond acceptors (Lipinski definition) is 4. The van der Waals surface area contributed by atoms with Crippen LogP contribution in [0.1, 0.15) is 27.8 Å². The summed E-state index contributed by atoms with van der Waals surface area (Å²) in [6.45, 7) is 5.22. The number of amidine groups is 1. The molecule has 1 fully saturated rings. The summed E-state index contributed by atoms with van der Waals surface area (Å²) in [6.07, 6.45) is 2.70. The van der Waals surface area contributed by atoms with E-state index in [-0.39, 0.29) is 5.91 Å². The summed E-state index contributed by atoms with van der Waals surface area (Å²) in [5.41, 5.74) is 6.51. The van der Waals surface area contributed by atoms with Gasteiger partial charge in [0.05, 0.1) is 10.6 Å². The van der Waals surface area contributed by atoms with Crippen LogP contribution in [0.15, 0.2) is 113 Å². The Labute approximate surface area is 228 Å². The normalized spacial score (nSPS) is 15.4. The van der Waals surface area contributed by atoms with E-state index in [1.54, 1.807) is 4.90 Å². The first-order valence-corrected chi connectivity index (χ1v) is 13.5. The number of thioether (sulfide) groups is 1. The van der Waals surface area contributed by atoms with E-state index in [0.29, 0.717) is 23.2 Å². The van der Waals surface area contributed by atoms with E-state index in [9.17, 15) is 4.79 Å². The molecule has 4 aromatic rings. The number of carbonyl (C=O) groups excluding carboxylic acids is 1. The Morgan fingerprint density at radius 3 is 2.29 bits per heavy atom. The van der Waals surface area contributed by atoms with Gasteiger partial charge in [0, 0.05) is 6.54 Å². The van der Waals surface area contributed by atoms with Gasteiger partial charge < -0.3 is 4.74 Å². The average molecular weight is 519 g/mol. The van der Waals surface area contributed by atoms with Gasteiger partial charge in [-0.05, 0) is 79.1 Å². The monoisotopic (exact) mass is 518 g/mol. The molecule has 0 aromatic heterocycles. The number of benzene rings is 4. The van der Waals surface area contributed by atoms with Crippen molar-refractivity contribution < 1.29 is 9.53 Å². The molecule has 0 aliphatic carbocycles. The lowest BCUT2D eigenvalue weighted by molar-refractivity contribution is -0.122.